The van der Waals surface area contributed by atoms with Crippen LogP contribution in [-0.4, -0.2) is 39.7 Å². The molecule has 0 saturated carbocycles. The third kappa shape index (κ3) is 4.16. The first-order valence-electron chi connectivity index (χ1n) is 9.84. The molecule has 0 saturated heterocycles. The van der Waals surface area contributed by atoms with Crippen LogP contribution in [-0.2, 0) is 11.3 Å². The molecule has 3 heterocycles. The summed E-state index contributed by atoms with van der Waals surface area (Å²) in [5, 5.41) is 6.64. The number of nitrogens with one attached hydrogen (secondary N) is 1. The summed E-state index contributed by atoms with van der Waals surface area (Å²) in [6, 6.07) is 8.57. The Kier molecular flexibility index (Phi) is 5.50. The number of aromatic nitrogens is 3. The molecular weight excluding hydrogens is 404 g/mol. The highest BCUT2D eigenvalue weighted by Gasteiger charge is 2.34. The van der Waals surface area contributed by atoms with E-state index < -0.39 is 23.5 Å². The largest absolute Gasteiger partial charge is 0.339 e. The molecular formula is C22H21F2N5O2. The monoisotopic (exact) mass is 425 g/mol. The Bertz CT molecular complexity index is 1130. The average molecular weight is 425 g/mol. The summed E-state index contributed by atoms with van der Waals surface area (Å²) >= 11 is 0. The summed E-state index contributed by atoms with van der Waals surface area (Å²) in [7, 11) is 1.60. The predicted octanol–water partition coefficient (Wildman–Crippen LogP) is 2.87. The molecule has 1 aliphatic rings. The third-order valence-electron chi connectivity index (χ3n) is 5.38. The van der Waals surface area contributed by atoms with Crippen molar-refractivity contribution in [1.82, 2.24) is 20.1 Å². The maximum Gasteiger partial charge on any atom is 0.275 e. The molecule has 0 aliphatic carbocycles. The lowest BCUT2D eigenvalue weighted by atomic mass is 9.95. The third-order valence-corrected chi connectivity index (χ3v) is 5.38. The van der Waals surface area contributed by atoms with E-state index in [1.165, 1.54) is 21.7 Å². The number of fused-ring (bicyclic) bond motifs is 1. The fraction of sp³-hybridized carbons (Fsp3) is 0.273. The van der Waals surface area contributed by atoms with Crippen molar-refractivity contribution in [2.75, 3.05) is 11.9 Å². The van der Waals surface area contributed by atoms with Crippen LogP contribution in [0, 0.1) is 11.6 Å². The number of nitrogens with zero attached hydrogens (tertiary/aromatic N) is 4. The molecule has 0 radical (unpaired) electrons. The number of benzene rings is 1. The van der Waals surface area contributed by atoms with Gasteiger partial charge in [-0.15, -0.1) is 0 Å². The minimum Gasteiger partial charge on any atom is -0.339 e. The molecule has 3 aromatic rings. The minimum atomic E-state index is -0.844. The zero-order valence-corrected chi connectivity index (χ0v) is 17.0. The van der Waals surface area contributed by atoms with Crippen LogP contribution in [0.5, 0.6) is 0 Å². The number of carbonyl (C=O) groups excluding carboxylic acids is 2. The van der Waals surface area contributed by atoms with E-state index in [1.807, 2.05) is 13.0 Å². The maximum absolute atomic E-state index is 14.4. The van der Waals surface area contributed by atoms with Crippen molar-refractivity contribution in [2.24, 2.45) is 0 Å². The Morgan fingerprint density at radius 1 is 1.23 bits per heavy atom. The number of carbonyl (C=O) groups is 2. The number of pyridine rings is 1. The summed E-state index contributed by atoms with van der Waals surface area (Å²) in [4.78, 5) is 31.3. The van der Waals surface area contributed by atoms with Gasteiger partial charge in [0.1, 0.15) is 17.7 Å². The first kappa shape index (κ1) is 20.6. The maximum atomic E-state index is 14.4. The number of rotatable bonds is 4. The van der Waals surface area contributed by atoms with Gasteiger partial charge in [-0.2, -0.15) is 5.10 Å². The number of hydrogen-bond donors (Lipinski definition) is 1. The van der Waals surface area contributed by atoms with Gasteiger partial charge in [-0.1, -0.05) is 25.1 Å². The van der Waals surface area contributed by atoms with Gasteiger partial charge in [-0.25, -0.2) is 13.8 Å². The average Bonchev–Trinajstić information content (AvgIpc) is 3.10. The van der Waals surface area contributed by atoms with E-state index in [9.17, 15) is 18.4 Å². The van der Waals surface area contributed by atoms with Crippen LogP contribution in [0.15, 0.2) is 48.8 Å². The highest BCUT2D eigenvalue weighted by Crippen LogP contribution is 2.32. The summed E-state index contributed by atoms with van der Waals surface area (Å²) in [6.07, 6.45) is 3.06. The van der Waals surface area contributed by atoms with E-state index in [0.717, 1.165) is 11.8 Å². The Morgan fingerprint density at radius 2 is 1.97 bits per heavy atom. The van der Waals surface area contributed by atoms with Crippen LogP contribution in [0.4, 0.5) is 14.6 Å². The van der Waals surface area contributed by atoms with Gasteiger partial charge in [0.2, 0.25) is 5.91 Å². The zero-order chi connectivity index (χ0) is 22.1. The Balaban J connectivity index is 1.51. The highest BCUT2D eigenvalue weighted by atomic mass is 19.1. The lowest BCUT2D eigenvalue weighted by Crippen LogP contribution is -2.47. The number of hydrogen-bond acceptors (Lipinski definition) is 4. The summed E-state index contributed by atoms with van der Waals surface area (Å²) in [5.41, 5.74) is 1.21. The van der Waals surface area contributed by atoms with E-state index in [2.05, 4.69) is 15.4 Å². The van der Waals surface area contributed by atoms with Gasteiger partial charge >= 0.3 is 0 Å². The van der Waals surface area contributed by atoms with Gasteiger partial charge in [0.05, 0.1) is 12.7 Å². The van der Waals surface area contributed by atoms with Crippen molar-refractivity contribution in [3.8, 4) is 0 Å². The van der Waals surface area contributed by atoms with Crippen molar-refractivity contribution < 1.29 is 18.4 Å². The predicted molar refractivity (Wildman–Crippen MR) is 110 cm³/mol. The smallest absolute Gasteiger partial charge is 0.275 e. The van der Waals surface area contributed by atoms with Gasteiger partial charge in [0.25, 0.3) is 5.91 Å². The van der Waals surface area contributed by atoms with Crippen molar-refractivity contribution in [1.29, 1.82) is 0 Å². The molecule has 2 amide bonds. The second-order valence-electron chi connectivity index (χ2n) is 7.63. The van der Waals surface area contributed by atoms with Crippen LogP contribution >= 0.6 is 0 Å². The van der Waals surface area contributed by atoms with Crippen LogP contribution in [0.25, 0.3) is 0 Å². The second-order valence-corrected chi connectivity index (χ2v) is 7.63. The van der Waals surface area contributed by atoms with E-state index >= 15 is 0 Å². The van der Waals surface area contributed by atoms with Crippen molar-refractivity contribution >= 4 is 17.6 Å². The molecule has 0 spiro atoms. The molecule has 1 N–H and O–H groups in total. The van der Waals surface area contributed by atoms with E-state index in [4.69, 9.17) is 0 Å². The SMILES string of the molecule is CC1C[C@H](NC(=O)c2nn(Cc3ccc(F)cc3)cc2F)C(=O)N(C)c2ncccc21. The summed E-state index contributed by atoms with van der Waals surface area (Å²) in [6.45, 7) is 2.12. The number of likely N-dealkylation sites (N-methyl/N-ethyl adjacent to an activating group) is 1. The Morgan fingerprint density at radius 3 is 2.71 bits per heavy atom. The van der Waals surface area contributed by atoms with Crippen LogP contribution in [0.3, 0.4) is 0 Å². The number of anilines is 1. The van der Waals surface area contributed by atoms with E-state index in [0.29, 0.717) is 17.8 Å². The molecule has 160 valence electrons. The van der Waals surface area contributed by atoms with Crippen LogP contribution in [0.2, 0.25) is 0 Å². The Labute approximate surface area is 177 Å². The minimum absolute atomic E-state index is 0.0382. The molecule has 31 heavy (non-hydrogen) atoms. The molecule has 2 aromatic heterocycles. The molecule has 4 rings (SSSR count). The van der Waals surface area contributed by atoms with Crippen molar-refractivity contribution in [2.45, 2.75) is 31.8 Å². The number of halogens is 2. The normalized spacial score (nSPS) is 18.5. The quantitative estimate of drug-likeness (QED) is 0.697. The number of amides is 2. The molecule has 1 aromatic carbocycles. The van der Waals surface area contributed by atoms with E-state index in [1.54, 1.807) is 31.4 Å². The van der Waals surface area contributed by atoms with Crippen LogP contribution < -0.4 is 10.2 Å². The standard InChI is InChI=1S/C22H21F2N5O2/c1-13-10-18(22(31)28(2)20-16(13)4-3-9-25-20)26-21(30)19-17(24)12-29(27-19)11-14-5-7-15(23)8-6-14/h3-9,12-13,18H,10-11H2,1-2H3,(H,26,30)/t13?,18-/m0/s1. The van der Waals surface area contributed by atoms with Gasteiger partial charge < -0.3 is 5.32 Å². The molecule has 1 aliphatic heterocycles. The fourth-order valence-electron chi connectivity index (χ4n) is 3.75. The summed E-state index contributed by atoms with van der Waals surface area (Å²) < 4.78 is 28.7. The molecule has 0 fully saturated rings. The highest BCUT2D eigenvalue weighted by molar-refractivity contribution is 6.02. The fourth-order valence-corrected chi connectivity index (χ4v) is 3.75. The molecule has 7 nitrogen and oxygen atoms in total. The Hall–Kier alpha value is -3.62. The first-order chi connectivity index (χ1) is 14.8. The van der Waals surface area contributed by atoms with Gasteiger partial charge in [-0.3, -0.25) is 19.2 Å². The van der Waals surface area contributed by atoms with Gasteiger partial charge in [0.15, 0.2) is 11.5 Å². The molecule has 1 unspecified atom stereocenters. The lowest BCUT2D eigenvalue weighted by molar-refractivity contribution is -0.120. The van der Waals surface area contributed by atoms with Gasteiger partial charge in [-0.05, 0) is 41.7 Å². The summed E-state index contributed by atoms with van der Waals surface area (Å²) in [5.74, 6) is -1.76. The molecule has 9 heteroatoms. The van der Waals surface area contributed by atoms with Crippen LogP contribution in [0.1, 0.15) is 40.9 Å². The van der Waals surface area contributed by atoms with Crippen molar-refractivity contribution in [3.63, 3.8) is 0 Å². The second kappa shape index (κ2) is 8.25. The van der Waals surface area contributed by atoms with Gasteiger partial charge in [0, 0.05) is 13.2 Å². The topological polar surface area (TPSA) is 80.1 Å². The zero-order valence-electron chi connectivity index (χ0n) is 17.0. The lowest BCUT2D eigenvalue weighted by Gasteiger charge is -2.21. The van der Waals surface area contributed by atoms with E-state index in [-0.39, 0.29) is 24.2 Å². The van der Waals surface area contributed by atoms with Crippen molar-refractivity contribution in [3.05, 3.63) is 77.2 Å². The first-order valence-corrected chi connectivity index (χ1v) is 9.84. The molecule has 0 bridgehead atoms. The molecule has 2 atom stereocenters.